The van der Waals surface area contributed by atoms with E-state index in [0.29, 0.717) is 6.04 Å². The maximum absolute atomic E-state index is 4.08. The molecule has 1 heterocycles. The molecule has 0 bridgehead atoms. The minimum Gasteiger partial charge on any atom is -0.314 e. The Kier molecular flexibility index (Phi) is 11.1. The van der Waals surface area contributed by atoms with Crippen molar-refractivity contribution in [3.63, 3.8) is 0 Å². The van der Waals surface area contributed by atoms with Gasteiger partial charge in [-0.3, -0.25) is 4.98 Å². The molecule has 2 nitrogen and oxygen atoms in total. The van der Waals surface area contributed by atoms with Crippen molar-refractivity contribution in [2.24, 2.45) is 0 Å². The summed E-state index contributed by atoms with van der Waals surface area (Å²) in [6, 6.07) is 4.95. The Hall–Kier alpha value is -0.890. The number of unbranched alkanes of at least 4 members (excludes halogenated alkanes) is 6. The van der Waals surface area contributed by atoms with Crippen LogP contribution in [0.15, 0.2) is 24.5 Å². The average Bonchev–Trinajstić information content (AvgIpc) is 2.52. The van der Waals surface area contributed by atoms with Gasteiger partial charge in [0.15, 0.2) is 0 Å². The predicted octanol–water partition coefficient (Wildman–Crippen LogP) is 5.13. The van der Waals surface area contributed by atoms with Crippen LogP contribution in [0.5, 0.6) is 0 Å². The molecule has 1 rings (SSSR count). The summed E-state index contributed by atoms with van der Waals surface area (Å²) in [6.07, 6.45) is 17.3. The number of hydrogen-bond donors (Lipinski definition) is 1. The lowest BCUT2D eigenvalue weighted by atomic mass is 10.00. The van der Waals surface area contributed by atoms with E-state index >= 15 is 0 Å². The number of hydrogen-bond acceptors (Lipinski definition) is 2. The van der Waals surface area contributed by atoms with Crippen molar-refractivity contribution in [3.8, 4) is 0 Å². The van der Waals surface area contributed by atoms with Crippen LogP contribution in [0.25, 0.3) is 0 Å². The Balaban J connectivity index is 2.12. The highest BCUT2D eigenvalue weighted by molar-refractivity contribution is 5.09. The molecule has 0 aliphatic heterocycles. The van der Waals surface area contributed by atoms with Gasteiger partial charge in [-0.05, 0) is 43.5 Å². The smallest absolute Gasteiger partial charge is 0.0270 e. The van der Waals surface area contributed by atoms with Gasteiger partial charge < -0.3 is 5.32 Å². The number of aryl methyl sites for hydroxylation is 1. The Bertz CT molecular complexity index is 324. The van der Waals surface area contributed by atoms with Crippen LogP contribution >= 0.6 is 0 Å². The molecule has 1 aromatic rings. The van der Waals surface area contributed by atoms with Crippen molar-refractivity contribution in [3.05, 3.63) is 30.1 Å². The first-order valence-corrected chi connectivity index (χ1v) is 8.99. The summed E-state index contributed by atoms with van der Waals surface area (Å²) in [5.41, 5.74) is 1.41. The third-order valence-electron chi connectivity index (χ3n) is 4.18. The van der Waals surface area contributed by atoms with Gasteiger partial charge >= 0.3 is 0 Å². The second-order valence-corrected chi connectivity index (χ2v) is 6.06. The SMILES string of the molecule is CCCCCCCCCC(CCc1ccncc1)NCC. The Morgan fingerprint density at radius 3 is 2.24 bits per heavy atom. The first-order valence-electron chi connectivity index (χ1n) is 8.99. The molecule has 21 heavy (non-hydrogen) atoms. The summed E-state index contributed by atoms with van der Waals surface area (Å²) in [5.74, 6) is 0. The lowest BCUT2D eigenvalue weighted by Gasteiger charge is -2.17. The fourth-order valence-electron chi connectivity index (χ4n) is 2.88. The predicted molar refractivity (Wildman–Crippen MR) is 92.6 cm³/mol. The van der Waals surface area contributed by atoms with Crippen molar-refractivity contribution in [1.29, 1.82) is 0 Å². The molecule has 0 spiro atoms. The molecule has 1 aromatic heterocycles. The minimum atomic E-state index is 0.679. The molecule has 0 aliphatic carbocycles. The zero-order valence-electron chi connectivity index (χ0n) is 14.1. The van der Waals surface area contributed by atoms with Crippen LogP contribution in [0, 0.1) is 0 Å². The summed E-state index contributed by atoms with van der Waals surface area (Å²) < 4.78 is 0. The van der Waals surface area contributed by atoms with E-state index in [1.54, 1.807) is 0 Å². The summed E-state index contributed by atoms with van der Waals surface area (Å²) in [7, 11) is 0. The highest BCUT2D eigenvalue weighted by Crippen LogP contribution is 2.13. The van der Waals surface area contributed by atoms with Crippen LogP contribution in [0.3, 0.4) is 0 Å². The van der Waals surface area contributed by atoms with Crippen molar-refractivity contribution in [2.75, 3.05) is 6.54 Å². The molecule has 0 amide bonds. The maximum Gasteiger partial charge on any atom is 0.0270 e. The molecule has 1 unspecified atom stereocenters. The minimum absolute atomic E-state index is 0.679. The van der Waals surface area contributed by atoms with Gasteiger partial charge in [-0.1, -0.05) is 58.8 Å². The average molecular weight is 290 g/mol. The second-order valence-electron chi connectivity index (χ2n) is 6.06. The van der Waals surface area contributed by atoms with Gasteiger partial charge in [0, 0.05) is 18.4 Å². The number of nitrogens with one attached hydrogen (secondary N) is 1. The maximum atomic E-state index is 4.08. The second kappa shape index (κ2) is 12.8. The normalized spacial score (nSPS) is 12.5. The van der Waals surface area contributed by atoms with Crippen molar-refractivity contribution in [1.82, 2.24) is 10.3 Å². The van der Waals surface area contributed by atoms with Gasteiger partial charge in [-0.15, -0.1) is 0 Å². The van der Waals surface area contributed by atoms with Gasteiger partial charge in [0.05, 0.1) is 0 Å². The molecule has 120 valence electrons. The van der Waals surface area contributed by atoms with Crippen LogP contribution in [-0.4, -0.2) is 17.6 Å². The molecule has 1 atom stereocenters. The fourth-order valence-corrected chi connectivity index (χ4v) is 2.88. The standard InChI is InChI=1S/C19H34N2/c1-3-5-6-7-8-9-10-11-19(21-4-2)13-12-18-14-16-20-17-15-18/h14-17,19,21H,3-13H2,1-2H3. The van der Waals surface area contributed by atoms with E-state index in [1.165, 1.54) is 63.4 Å². The quantitative estimate of drug-likeness (QED) is 0.509. The van der Waals surface area contributed by atoms with Crippen molar-refractivity contribution < 1.29 is 0 Å². The molecule has 0 radical (unpaired) electrons. The zero-order chi connectivity index (χ0) is 15.2. The van der Waals surface area contributed by atoms with E-state index in [0.717, 1.165) is 13.0 Å². The zero-order valence-corrected chi connectivity index (χ0v) is 14.1. The molecule has 0 fully saturated rings. The summed E-state index contributed by atoms with van der Waals surface area (Å²) in [6.45, 7) is 5.57. The van der Waals surface area contributed by atoms with Crippen LogP contribution < -0.4 is 5.32 Å². The summed E-state index contributed by atoms with van der Waals surface area (Å²) in [5, 5.41) is 3.65. The molecule has 2 heteroatoms. The number of rotatable bonds is 13. The summed E-state index contributed by atoms with van der Waals surface area (Å²) >= 11 is 0. The van der Waals surface area contributed by atoms with Crippen molar-refractivity contribution >= 4 is 0 Å². The van der Waals surface area contributed by atoms with Gasteiger partial charge in [-0.25, -0.2) is 0 Å². The van der Waals surface area contributed by atoms with Crippen LogP contribution in [0.1, 0.15) is 77.2 Å². The van der Waals surface area contributed by atoms with E-state index in [4.69, 9.17) is 0 Å². The first kappa shape index (κ1) is 18.2. The van der Waals surface area contributed by atoms with E-state index in [1.807, 2.05) is 12.4 Å². The lowest BCUT2D eigenvalue weighted by molar-refractivity contribution is 0.438. The monoisotopic (exact) mass is 290 g/mol. The molecule has 0 saturated heterocycles. The van der Waals surface area contributed by atoms with E-state index < -0.39 is 0 Å². The molecular formula is C19H34N2. The highest BCUT2D eigenvalue weighted by Gasteiger charge is 2.07. The number of aromatic nitrogens is 1. The molecule has 0 aromatic carbocycles. The van der Waals surface area contributed by atoms with Crippen LogP contribution in [-0.2, 0) is 6.42 Å². The lowest BCUT2D eigenvalue weighted by Crippen LogP contribution is -2.29. The number of pyridine rings is 1. The first-order chi connectivity index (χ1) is 10.4. The summed E-state index contributed by atoms with van der Waals surface area (Å²) in [4.78, 5) is 4.08. The highest BCUT2D eigenvalue weighted by atomic mass is 14.9. The number of nitrogens with zero attached hydrogens (tertiary/aromatic N) is 1. The molecular weight excluding hydrogens is 256 g/mol. The van der Waals surface area contributed by atoms with Crippen LogP contribution in [0.2, 0.25) is 0 Å². The third kappa shape index (κ3) is 9.62. The molecule has 1 N–H and O–H groups in total. The molecule has 0 saturated carbocycles. The third-order valence-corrected chi connectivity index (χ3v) is 4.18. The fraction of sp³-hybridized carbons (Fsp3) is 0.737. The van der Waals surface area contributed by atoms with Gasteiger partial charge in [0.2, 0.25) is 0 Å². The van der Waals surface area contributed by atoms with Crippen LogP contribution in [0.4, 0.5) is 0 Å². The van der Waals surface area contributed by atoms with Crippen molar-refractivity contribution in [2.45, 2.75) is 84.1 Å². The Labute approximate surface area is 131 Å². The topological polar surface area (TPSA) is 24.9 Å². The van der Waals surface area contributed by atoms with E-state index in [9.17, 15) is 0 Å². The van der Waals surface area contributed by atoms with E-state index in [-0.39, 0.29) is 0 Å². The molecule has 0 aliphatic rings. The van der Waals surface area contributed by atoms with Gasteiger partial charge in [-0.2, -0.15) is 0 Å². The van der Waals surface area contributed by atoms with Gasteiger partial charge in [0.1, 0.15) is 0 Å². The van der Waals surface area contributed by atoms with E-state index in [2.05, 4.69) is 36.3 Å². The Morgan fingerprint density at radius 2 is 1.57 bits per heavy atom. The largest absolute Gasteiger partial charge is 0.314 e. The Morgan fingerprint density at radius 1 is 0.905 bits per heavy atom. The van der Waals surface area contributed by atoms with Gasteiger partial charge in [0.25, 0.3) is 0 Å².